The molecule has 0 spiro atoms. The van der Waals surface area contributed by atoms with Crippen LogP contribution in [0.4, 0.5) is 0 Å². The van der Waals surface area contributed by atoms with Crippen molar-refractivity contribution >= 4 is 24.0 Å². The highest BCUT2D eigenvalue weighted by molar-refractivity contribution is 8.54. The zero-order valence-electron chi connectivity index (χ0n) is 14.7. The van der Waals surface area contributed by atoms with Gasteiger partial charge in [0, 0.05) is 11.8 Å². The van der Waals surface area contributed by atoms with E-state index in [1.807, 2.05) is 12.1 Å². The summed E-state index contributed by atoms with van der Waals surface area (Å²) in [4.78, 5) is 22.1. The van der Waals surface area contributed by atoms with Crippen LogP contribution in [-0.4, -0.2) is 16.9 Å². The van der Waals surface area contributed by atoms with Crippen LogP contribution in [0.3, 0.4) is 0 Å². The van der Waals surface area contributed by atoms with E-state index in [2.05, 4.69) is 13.0 Å². The first-order chi connectivity index (χ1) is 11.8. The molecule has 0 radical (unpaired) electrons. The molecule has 136 valence electrons. The number of carbonyl (C=O) groups excluding carboxylic acids is 1. The second kappa shape index (κ2) is 6.14. The number of Topliss-reactive ketones (excluding diaryl/α,β-unsaturated/α-hetero) is 1. The molecule has 6 heteroatoms. The fourth-order valence-electron chi connectivity index (χ4n) is 5.56. The summed E-state index contributed by atoms with van der Waals surface area (Å²) in [7, 11) is 0. The van der Waals surface area contributed by atoms with Crippen LogP contribution in [0, 0.1) is 17.3 Å². The number of hydrogen-bond acceptors (Lipinski definition) is 4. The van der Waals surface area contributed by atoms with E-state index in [9.17, 15) is 14.3 Å². The minimum Gasteiger partial charge on any atom is -0.417 e. The Morgan fingerprint density at radius 3 is 2.84 bits per heavy atom. The summed E-state index contributed by atoms with van der Waals surface area (Å²) in [5, 5.41) is 0. The first-order valence-electron chi connectivity index (χ1n) is 9.08. The lowest BCUT2D eigenvalue weighted by atomic mass is 9.55. The molecule has 0 amide bonds. The molecule has 0 aliphatic heterocycles. The monoisotopic (exact) mass is 380 g/mol. The van der Waals surface area contributed by atoms with Gasteiger partial charge in [-0.25, -0.2) is 4.57 Å². The number of aryl methyl sites for hydroxylation is 1. The van der Waals surface area contributed by atoms with E-state index in [0.29, 0.717) is 29.3 Å². The number of fused-ring (bicyclic) bond motifs is 5. The Labute approximate surface area is 153 Å². The van der Waals surface area contributed by atoms with Gasteiger partial charge in [-0.2, -0.15) is 0 Å². The van der Waals surface area contributed by atoms with Crippen molar-refractivity contribution in [3.05, 3.63) is 29.3 Å². The molecule has 1 aromatic carbocycles. The molecule has 0 aromatic heterocycles. The predicted octanol–water partition coefficient (Wildman–Crippen LogP) is 4.95. The molecule has 2 saturated carbocycles. The molecule has 1 unspecified atom stereocenters. The highest BCUT2D eigenvalue weighted by Crippen LogP contribution is 2.60. The van der Waals surface area contributed by atoms with Crippen molar-refractivity contribution in [2.75, 3.05) is 6.26 Å². The molecule has 2 fully saturated rings. The van der Waals surface area contributed by atoms with Crippen molar-refractivity contribution in [1.82, 2.24) is 0 Å². The number of benzene rings is 1. The van der Waals surface area contributed by atoms with Gasteiger partial charge >= 0.3 is 6.80 Å². The van der Waals surface area contributed by atoms with Crippen LogP contribution >= 0.6 is 18.2 Å². The van der Waals surface area contributed by atoms with Gasteiger partial charge in [0.05, 0.1) is 0 Å². The average Bonchev–Trinajstić information content (AvgIpc) is 2.89. The number of hydrogen-bond donors (Lipinski definition) is 1. The molecule has 3 aliphatic carbocycles. The Morgan fingerprint density at radius 2 is 2.08 bits per heavy atom. The van der Waals surface area contributed by atoms with Gasteiger partial charge in [0.15, 0.2) is 0 Å². The number of ketones is 1. The third-order valence-corrected chi connectivity index (χ3v) is 9.37. The smallest absolute Gasteiger partial charge is 0.417 e. The molecular formula is C19H25O4PS. The largest absolute Gasteiger partial charge is 0.437 e. The van der Waals surface area contributed by atoms with Crippen LogP contribution in [0.1, 0.15) is 56.1 Å². The zero-order valence-corrected chi connectivity index (χ0v) is 16.4. The Kier molecular flexibility index (Phi) is 4.33. The van der Waals surface area contributed by atoms with E-state index in [-0.39, 0.29) is 5.41 Å². The summed E-state index contributed by atoms with van der Waals surface area (Å²) >= 11 is 0.845. The number of carbonyl (C=O) groups is 1. The van der Waals surface area contributed by atoms with E-state index in [4.69, 9.17) is 4.52 Å². The molecule has 1 N–H and O–H groups in total. The molecular weight excluding hydrogens is 355 g/mol. The van der Waals surface area contributed by atoms with Crippen LogP contribution in [0.2, 0.25) is 0 Å². The highest BCUT2D eigenvalue weighted by atomic mass is 32.7. The summed E-state index contributed by atoms with van der Waals surface area (Å²) in [6.07, 6.45) is 7.51. The summed E-state index contributed by atoms with van der Waals surface area (Å²) in [5.74, 6) is 2.59. The first kappa shape index (κ1) is 17.6. The summed E-state index contributed by atoms with van der Waals surface area (Å²) in [5.41, 5.74) is 2.51. The Morgan fingerprint density at radius 1 is 1.28 bits per heavy atom. The topological polar surface area (TPSA) is 63.6 Å². The van der Waals surface area contributed by atoms with Crippen molar-refractivity contribution < 1.29 is 18.8 Å². The summed E-state index contributed by atoms with van der Waals surface area (Å²) in [6.45, 7) is -1.42. The van der Waals surface area contributed by atoms with Crippen molar-refractivity contribution in [2.24, 2.45) is 17.3 Å². The van der Waals surface area contributed by atoms with Gasteiger partial charge in [-0.05, 0) is 90.8 Å². The van der Waals surface area contributed by atoms with Crippen molar-refractivity contribution in [3.63, 3.8) is 0 Å². The van der Waals surface area contributed by atoms with E-state index < -0.39 is 6.80 Å². The third-order valence-electron chi connectivity index (χ3n) is 6.86. The molecule has 4 rings (SSSR count). The second-order valence-corrected chi connectivity index (χ2v) is 11.9. The van der Waals surface area contributed by atoms with Gasteiger partial charge in [-0.3, -0.25) is 4.79 Å². The molecule has 5 atom stereocenters. The normalized spacial score (nSPS) is 36.1. The van der Waals surface area contributed by atoms with E-state index in [1.54, 1.807) is 6.26 Å². The van der Waals surface area contributed by atoms with Crippen LogP contribution in [-0.2, 0) is 15.8 Å². The van der Waals surface area contributed by atoms with Gasteiger partial charge < -0.3 is 9.42 Å². The maximum atomic E-state index is 12.4. The summed E-state index contributed by atoms with van der Waals surface area (Å²) in [6, 6.07) is 5.85. The van der Waals surface area contributed by atoms with E-state index >= 15 is 0 Å². The fraction of sp³-hybridized carbons (Fsp3) is 0.632. The maximum absolute atomic E-state index is 12.4. The summed E-state index contributed by atoms with van der Waals surface area (Å²) < 4.78 is 17.1. The van der Waals surface area contributed by atoms with E-state index in [0.717, 1.165) is 49.9 Å². The highest BCUT2D eigenvalue weighted by Gasteiger charge is 2.54. The predicted molar refractivity (Wildman–Crippen MR) is 100 cm³/mol. The second-order valence-electron chi connectivity index (χ2n) is 7.94. The number of rotatable bonds is 3. The molecule has 4 nitrogen and oxygen atoms in total. The Hall–Kier alpha value is -0.770. The molecule has 0 saturated heterocycles. The lowest BCUT2D eigenvalue weighted by molar-refractivity contribution is -0.129. The van der Waals surface area contributed by atoms with Crippen molar-refractivity contribution in [3.8, 4) is 5.75 Å². The maximum Gasteiger partial charge on any atom is 0.437 e. The third kappa shape index (κ3) is 2.89. The van der Waals surface area contributed by atoms with Gasteiger partial charge in [-0.15, -0.1) is 0 Å². The molecule has 0 heterocycles. The lowest BCUT2D eigenvalue weighted by Gasteiger charge is -2.48. The van der Waals surface area contributed by atoms with E-state index in [1.165, 1.54) is 11.1 Å². The SMILES string of the molecule is CSP(=O)(O)Oc1ccc2c(c1)CC[C@@H]1[C@@H]2CC[C@]2(C)C(=O)CC[C@@H]12. The molecule has 0 bridgehead atoms. The molecule has 25 heavy (non-hydrogen) atoms. The fourth-order valence-corrected chi connectivity index (χ4v) is 6.49. The minimum atomic E-state index is -3.61. The van der Waals surface area contributed by atoms with Crippen LogP contribution in [0.25, 0.3) is 0 Å². The van der Waals surface area contributed by atoms with Crippen molar-refractivity contribution in [1.29, 1.82) is 0 Å². The van der Waals surface area contributed by atoms with Gasteiger partial charge in [0.1, 0.15) is 11.5 Å². The lowest BCUT2D eigenvalue weighted by Crippen LogP contribution is -2.42. The molecule has 1 aromatic rings. The van der Waals surface area contributed by atoms with Crippen molar-refractivity contribution in [2.45, 2.75) is 51.4 Å². The Bertz CT molecular complexity index is 764. The first-order valence-corrected chi connectivity index (χ1v) is 12.5. The van der Waals surface area contributed by atoms with Gasteiger partial charge in [0.2, 0.25) is 0 Å². The Balaban J connectivity index is 1.61. The average molecular weight is 380 g/mol. The minimum absolute atomic E-state index is 0.0937. The van der Waals surface area contributed by atoms with Gasteiger partial charge in [-0.1, -0.05) is 13.0 Å². The van der Waals surface area contributed by atoms with Gasteiger partial charge in [0.25, 0.3) is 0 Å². The van der Waals surface area contributed by atoms with Crippen LogP contribution < -0.4 is 4.52 Å². The molecule has 3 aliphatic rings. The van der Waals surface area contributed by atoms with Crippen LogP contribution in [0.5, 0.6) is 5.75 Å². The standard InChI is InChI=1S/C19H25O4PS/c1-19-10-9-15-14-6-4-13(23-24(21,22)25-2)11-12(14)3-5-16(15)17(19)7-8-18(19)20/h4,6,11,15-17H,3,5,7-10H2,1-2H3,(H,21,22)/t15-,16-,17+,19+/m1/s1. The van der Waals surface area contributed by atoms with Crippen LogP contribution in [0.15, 0.2) is 18.2 Å². The zero-order chi connectivity index (χ0) is 17.8. The quantitative estimate of drug-likeness (QED) is 0.752.